The number of hydrogen-bond acceptors (Lipinski definition) is 7. The lowest BCUT2D eigenvalue weighted by atomic mass is 10.1. The molecule has 4 rings (SSSR count). The Morgan fingerprint density at radius 1 is 1.14 bits per heavy atom. The van der Waals surface area contributed by atoms with Gasteiger partial charge in [-0.2, -0.15) is 0 Å². The third kappa shape index (κ3) is 5.17. The normalized spacial score (nSPS) is 16.9. The number of amides is 3. The van der Waals surface area contributed by atoms with Gasteiger partial charge in [-0.1, -0.05) is 6.07 Å². The summed E-state index contributed by atoms with van der Waals surface area (Å²) in [6.45, 7) is 0.343. The predicted octanol–water partition coefficient (Wildman–Crippen LogP) is 2.42. The number of imide groups is 1. The number of esters is 1. The minimum Gasteiger partial charge on any atom is -0.494 e. The number of carbonyl (C=O) groups is 4. The molecule has 0 aromatic heterocycles. The summed E-state index contributed by atoms with van der Waals surface area (Å²) in [6, 6.07) is 8.46. The zero-order valence-electron chi connectivity index (χ0n) is 19.4. The number of halogens is 1. The van der Waals surface area contributed by atoms with Gasteiger partial charge in [0.05, 0.1) is 36.4 Å². The van der Waals surface area contributed by atoms with Crippen molar-refractivity contribution < 1.29 is 37.8 Å². The number of ether oxygens (including phenoxy) is 3. The van der Waals surface area contributed by atoms with Gasteiger partial charge < -0.3 is 19.1 Å². The van der Waals surface area contributed by atoms with Crippen LogP contribution in [0.3, 0.4) is 0 Å². The first-order valence-electron chi connectivity index (χ1n) is 11.1. The summed E-state index contributed by atoms with van der Waals surface area (Å²) >= 11 is 0. The number of hydrogen-bond donors (Lipinski definition) is 0. The highest BCUT2D eigenvalue weighted by Gasteiger charge is 2.38. The fourth-order valence-corrected chi connectivity index (χ4v) is 4.07. The highest BCUT2D eigenvalue weighted by Crippen LogP contribution is 2.26. The van der Waals surface area contributed by atoms with Crippen molar-refractivity contribution in [3.63, 3.8) is 0 Å². The van der Waals surface area contributed by atoms with Crippen molar-refractivity contribution in [1.29, 1.82) is 0 Å². The van der Waals surface area contributed by atoms with E-state index in [0.29, 0.717) is 12.2 Å². The summed E-state index contributed by atoms with van der Waals surface area (Å²) in [6.07, 6.45) is 1.48. The van der Waals surface area contributed by atoms with Crippen LogP contribution in [0.2, 0.25) is 0 Å². The van der Waals surface area contributed by atoms with E-state index in [0.717, 1.165) is 17.7 Å². The van der Waals surface area contributed by atoms with Gasteiger partial charge in [-0.05, 0) is 48.7 Å². The second-order valence-electron chi connectivity index (χ2n) is 8.41. The van der Waals surface area contributed by atoms with Crippen molar-refractivity contribution in [2.24, 2.45) is 0 Å². The van der Waals surface area contributed by atoms with Crippen molar-refractivity contribution in [3.8, 4) is 5.75 Å². The Bertz CT molecular complexity index is 1180. The van der Waals surface area contributed by atoms with E-state index >= 15 is 0 Å². The molecule has 1 unspecified atom stereocenters. The van der Waals surface area contributed by atoms with Gasteiger partial charge >= 0.3 is 5.97 Å². The molecule has 0 bridgehead atoms. The molecular formula is C25H25FN2O7. The molecule has 2 aromatic carbocycles. The second kappa shape index (κ2) is 10.2. The molecule has 1 fully saturated rings. The monoisotopic (exact) mass is 484 g/mol. The molecule has 0 radical (unpaired) electrons. The summed E-state index contributed by atoms with van der Waals surface area (Å²) in [7, 11) is 2.86. The van der Waals surface area contributed by atoms with Crippen LogP contribution < -0.4 is 4.74 Å². The molecule has 2 aromatic rings. The Morgan fingerprint density at radius 3 is 2.60 bits per heavy atom. The number of nitrogens with zero attached hydrogens (tertiary/aromatic N) is 2. The topological polar surface area (TPSA) is 102 Å². The summed E-state index contributed by atoms with van der Waals surface area (Å²) in [5.74, 6) is -2.66. The zero-order chi connectivity index (χ0) is 25.1. The lowest BCUT2D eigenvalue weighted by Crippen LogP contribution is -2.36. The number of benzene rings is 2. The first-order chi connectivity index (χ1) is 16.8. The van der Waals surface area contributed by atoms with Crippen molar-refractivity contribution in [2.75, 3.05) is 33.9 Å². The highest BCUT2D eigenvalue weighted by molar-refractivity contribution is 6.22. The minimum atomic E-state index is -0.803. The van der Waals surface area contributed by atoms with Crippen LogP contribution in [0.15, 0.2) is 36.4 Å². The zero-order valence-corrected chi connectivity index (χ0v) is 19.4. The molecule has 0 aliphatic carbocycles. The van der Waals surface area contributed by atoms with Gasteiger partial charge in [-0.3, -0.25) is 19.3 Å². The van der Waals surface area contributed by atoms with E-state index in [1.165, 1.54) is 49.4 Å². The Balaban J connectivity index is 1.34. The van der Waals surface area contributed by atoms with E-state index < -0.39 is 36.1 Å². The Hall–Kier alpha value is -3.79. The molecule has 9 nitrogen and oxygen atoms in total. The van der Waals surface area contributed by atoms with Crippen molar-refractivity contribution >= 4 is 23.7 Å². The van der Waals surface area contributed by atoms with E-state index in [9.17, 15) is 23.6 Å². The number of fused-ring (bicyclic) bond motifs is 1. The van der Waals surface area contributed by atoms with Crippen LogP contribution in [0.5, 0.6) is 5.75 Å². The minimum absolute atomic E-state index is 0.0524. The number of likely N-dealkylation sites (N-methyl/N-ethyl adjacent to an activating group) is 1. The van der Waals surface area contributed by atoms with E-state index in [1.54, 1.807) is 6.07 Å². The predicted molar refractivity (Wildman–Crippen MR) is 120 cm³/mol. The van der Waals surface area contributed by atoms with E-state index in [2.05, 4.69) is 0 Å². The largest absolute Gasteiger partial charge is 0.494 e. The van der Waals surface area contributed by atoms with Crippen LogP contribution in [0.4, 0.5) is 4.39 Å². The molecule has 0 N–H and O–H groups in total. The van der Waals surface area contributed by atoms with Gasteiger partial charge in [0.1, 0.15) is 0 Å². The van der Waals surface area contributed by atoms with Crippen LogP contribution in [0.25, 0.3) is 0 Å². The molecule has 1 atom stereocenters. The molecule has 184 valence electrons. The third-order valence-corrected chi connectivity index (χ3v) is 6.01. The number of carbonyl (C=O) groups excluding carboxylic acids is 4. The molecule has 0 spiro atoms. The summed E-state index contributed by atoms with van der Waals surface area (Å²) in [4.78, 5) is 52.7. The Morgan fingerprint density at radius 2 is 1.91 bits per heavy atom. The van der Waals surface area contributed by atoms with Gasteiger partial charge in [-0.25, -0.2) is 9.18 Å². The lowest BCUT2D eigenvalue weighted by Gasteiger charge is -2.18. The van der Waals surface area contributed by atoms with E-state index in [-0.39, 0.29) is 41.6 Å². The SMILES string of the molecule is COc1ccc(CN(C)C(=O)COC(=O)c2ccc3c(c2)C(=O)N(CC2CCCO2)C3=O)cc1F. The Labute approximate surface area is 201 Å². The van der Waals surface area contributed by atoms with E-state index in [4.69, 9.17) is 14.2 Å². The fourth-order valence-electron chi connectivity index (χ4n) is 4.07. The van der Waals surface area contributed by atoms with Gasteiger partial charge in [0.25, 0.3) is 17.7 Å². The molecular weight excluding hydrogens is 459 g/mol. The van der Waals surface area contributed by atoms with Gasteiger partial charge in [0, 0.05) is 20.2 Å². The summed E-state index contributed by atoms with van der Waals surface area (Å²) < 4.78 is 29.4. The van der Waals surface area contributed by atoms with Gasteiger partial charge in [0.15, 0.2) is 18.2 Å². The fraction of sp³-hybridized carbons (Fsp3) is 0.360. The molecule has 2 heterocycles. The number of methoxy groups -OCH3 is 1. The molecule has 10 heteroatoms. The molecule has 0 saturated carbocycles. The molecule has 2 aliphatic rings. The van der Waals surface area contributed by atoms with E-state index in [1.807, 2.05) is 0 Å². The summed E-state index contributed by atoms with van der Waals surface area (Å²) in [5.41, 5.74) is 0.927. The van der Waals surface area contributed by atoms with Crippen LogP contribution in [-0.2, 0) is 20.8 Å². The maximum absolute atomic E-state index is 13.9. The smallest absolute Gasteiger partial charge is 0.338 e. The average Bonchev–Trinajstić information content (AvgIpc) is 3.45. The maximum atomic E-state index is 13.9. The highest BCUT2D eigenvalue weighted by atomic mass is 19.1. The third-order valence-electron chi connectivity index (χ3n) is 6.01. The van der Waals surface area contributed by atoms with Crippen LogP contribution in [-0.4, -0.2) is 73.5 Å². The lowest BCUT2D eigenvalue weighted by molar-refractivity contribution is -0.133. The molecule has 2 aliphatic heterocycles. The second-order valence-corrected chi connectivity index (χ2v) is 8.41. The quantitative estimate of drug-likeness (QED) is 0.419. The molecule has 35 heavy (non-hydrogen) atoms. The number of rotatable bonds is 8. The summed E-state index contributed by atoms with van der Waals surface area (Å²) in [5, 5.41) is 0. The first-order valence-corrected chi connectivity index (χ1v) is 11.1. The van der Waals surface area contributed by atoms with Crippen LogP contribution >= 0.6 is 0 Å². The maximum Gasteiger partial charge on any atom is 0.338 e. The van der Waals surface area contributed by atoms with Crippen LogP contribution in [0.1, 0.15) is 49.5 Å². The molecule has 3 amide bonds. The van der Waals surface area contributed by atoms with Gasteiger partial charge in [-0.15, -0.1) is 0 Å². The van der Waals surface area contributed by atoms with Crippen molar-refractivity contribution in [3.05, 3.63) is 64.5 Å². The van der Waals surface area contributed by atoms with Crippen LogP contribution in [0, 0.1) is 5.82 Å². The average molecular weight is 484 g/mol. The van der Waals surface area contributed by atoms with Gasteiger partial charge in [0.2, 0.25) is 0 Å². The standard InChI is InChI=1S/C25H25FN2O7/c1-27(12-15-5-8-21(33-2)20(26)10-15)22(29)14-35-25(32)16-6-7-18-19(11-16)24(31)28(23(18)30)13-17-4-3-9-34-17/h5-8,10-11,17H,3-4,9,12-14H2,1-2H3. The molecule has 1 saturated heterocycles. The van der Waals surface area contributed by atoms with Crippen molar-refractivity contribution in [1.82, 2.24) is 9.80 Å². The van der Waals surface area contributed by atoms with Crippen molar-refractivity contribution in [2.45, 2.75) is 25.5 Å². The Kier molecular flexibility index (Phi) is 7.11. The first kappa shape index (κ1) is 24.3.